The van der Waals surface area contributed by atoms with Crippen LogP contribution in [0.4, 0.5) is 0 Å². The Balaban J connectivity index is 2.10. The minimum atomic E-state index is -0.715. The zero-order chi connectivity index (χ0) is 12.8. The maximum atomic E-state index is 10.2. The van der Waals surface area contributed by atoms with Crippen molar-refractivity contribution in [2.45, 2.75) is 49.7 Å². The van der Waals surface area contributed by atoms with E-state index in [1.54, 1.807) is 11.8 Å². The summed E-state index contributed by atoms with van der Waals surface area (Å²) in [5, 5.41) is 21.6. The summed E-state index contributed by atoms with van der Waals surface area (Å²) in [7, 11) is 3.95. The van der Waals surface area contributed by atoms with E-state index in [2.05, 4.69) is 4.99 Å². The van der Waals surface area contributed by atoms with Gasteiger partial charge in [-0.2, -0.15) is 0 Å². The molecule has 2 N–H and O–H groups in total. The van der Waals surface area contributed by atoms with Gasteiger partial charge in [0.1, 0.15) is 0 Å². The lowest BCUT2D eigenvalue weighted by Crippen LogP contribution is -2.46. The molecule has 1 saturated carbocycles. The van der Waals surface area contributed by atoms with Crippen molar-refractivity contribution >= 4 is 16.9 Å². The van der Waals surface area contributed by atoms with Gasteiger partial charge in [-0.1, -0.05) is 11.8 Å². The summed E-state index contributed by atoms with van der Waals surface area (Å²) in [4.78, 5) is 6.58. The summed E-state index contributed by atoms with van der Waals surface area (Å²) in [6.07, 6.45) is 1.15. The molecule has 0 unspecified atom stereocenters. The van der Waals surface area contributed by atoms with Crippen LogP contribution in [0.15, 0.2) is 4.99 Å². The fourth-order valence-electron chi connectivity index (χ4n) is 2.57. The van der Waals surface area contributed by atoms with Crippen LogP contribution >= 0.6 is 11.8 Å². The predicted molar refractivity (Wildman–Crippen MR) is 71.3 cm³/mol. The molecule has 0 aromatic carbocycles. The van der Waals surface area contributed by atoms with E-state index in [0.717, 1.165) is 11.6 Å². The second-order valence-electron chi connectivity index (χ2n) is 5.84. The molecule has 0 spiro atoms. The topological polar surface area (TPSA) is 56.1 Å². The van der Waals surface area contributed by atoms with E-state index < -0.39 is 11.7 Å². The number of nitrogens with zero attached hydrogens (tertiary/aromatic N) is 2. The Morgan fingerprint density at radius 1 is 1.35 bits per heavy atom. The van der Waals surface area contributed by atoms with Crippen LogP contribution in [0.5, 0.6) is 0 Å². The third kappa shape index (κ3) is 2.61. The maximum absolute atomic E-state index is 10.2. The summed E-state index contributed by atoms with van der Waals surface area (Å²) in [6, 6.07) is 0.0102. The molecule has 2 rings (SSSR count). The molecule has 0 aromatic rings. The van der Waals surface area contributed by atoms with Crippen molar-refractivity contribution in [1.82, 2.24) is 4.90 Å². The van der Waals surface area contributed by atoms with E-state index in [0.29, 0.717) is 11.7 Å². The Bertz CT molecular complexity index is 325. The van der Waals surface area contributed by atoms with Crippen LogP contribution in [-0.2, 0) is 0 Å². The number of hydrogen-bond acceptors (Lipinski definition) is 5. The van der Waals surface area contributed by atoms with Crippen molar-refractivity contribution in [3.05, 3.63) is 0 Å². The van der Waals surface area contributed by atoms with Gasteiger partial charge < -0.3 is 15.1 Å². The molecule has 0 saturated heterocycles. The van der Waals surface area contributed by atoms with Crippen LogP contribution in [-0.4, -0.2) is 57.4 Å². The maximum Gasteiger partial charge on any atom is 0.159 e. The average Bonchev–Trinajstić information content (AvgIpc) is 2.60. The van der Waals surface area contributed by atoms with Crippen molar-refractivity contribution in [3.8, 4) is 0 Å². The fourth-order valence-corrected chi connectivity index (χ4v) is 3.95. The molecule has 98 valence electrons. The number of aliphatic hydroxyl groups is 2. The van der Waals surface area contributed by atoms with Crippen LogP contribution < -0.4 is 0 Å². The van der Waals surface area contributed by atoms with Gasteiger partial charge in [0.25, 0.3) is 0 Å². The summed E-state index contributed by atoms with van der Waals surface area (Å²) in [6.45, 7) is 3.66. The largest absolute Gasteiger partial charge is 0.391 e. The van der Waals surface area contributed by atoms with Gasteiger partial charge in [0.05, 0.1) is 17.7 Å². The molecule has 0 bridgehead atoms. The Morgan fingerprint density at radius 3 is 2.53 bits per heavy atom. The van der Waals surface area contributed by atoms with Gasteiger partial charge in [-0.05, 0) is 32.6 Å². The molecular formula is C12H22N2O2S. The second-order valence-corrected chi connectivity index (χ2v) is 7.05. The molecule has 4 nitrogen and oxygen atoms in total. The standard InChI is InChI=1S/C12H22N2O2S/c1-12(2,16)7-5-8(15)10-9(6-7)17-11(13-10)14(3)4/h7-10,15-16H,5-6H2,1-4H3/t7-,8+,9+,10-/m1/s1. The van der Waals surface area contributed by atoms with Crippen LogP contribution in [0.1, 0.15) is 26.7 Å². The first kappa shape index (κ1) is 13.2. The van der Waals surface area contributed by atoms with E-state index in [-0.39, 0.29) is 12.0 Å². The lowest BCUT2D eigenvalue weighted by atomic mass is 9.75. The number of hydrogen-bond donors (Lipinski definition) is 2. The van der Waals surface area contributed by atoms with Gasteiger partial charge in [-0.15, -0.1) is 0 Å². The molecule has 1 aliphatic heterocycles. The Kier molecular flexibility index (Phi) is 3.45. The van der Waals surface area contributed by atoms with Crippen molar-refractivity contribution in [2.75, 3.05) is 14.1 Å². The van der Waals surface area contributed by atoms with Gasteiger partial charge in [0, 0.05) is 19.3 Å². The zero-order valence-electron chi connectivity index (χ0n) is 10.9. The first-order valence-corrected chi connectivity index (χ1v) is 6.99. The van der Waals surface area contributed by atoms with E-state index in [9.17, 15) is 10.2 Å². The van der Waals surface area contributed by atoms with E-state index in [4.69, 9.17) is 0 Å². The minimum absolute atomic E-state index is 0.0102. The molecule has 0 aromatic heterocycles. The van der Waals surface area contributed by atoms with Crippen LogP contribution in [0.3, 0.4) is 0 Å². The predicted octanol–water partition coefficient (Wildman–Crippen LogP) is 0.930. The van der Waals surface area contributed by atoms with E-state index in [1.165, 1.54) is 0 Å². The third-order valence-electron chi connectivity index (χ3n) is 3.72. The highest BCUT2D eigenvalue weighted by Crippen LogP contribution is 2.43. The third-order valence-corrected chi connectivity index (χ3v) is 5.17. The molecule has 0 radical (unpaired) electrons. The Hall–Kier alpha value is -0.260. The Labute approximate surface area is 107 Å². The van der Waals surface area contributed by atoms with Crippen molar-refractivity contribution < 1.29 is 10.2 Å². The van der Waals surface area contributed by atoms with Crippen LogP contribution in [0.2, 0.25) is 0 Å². The van der Waals surface area contributed by atoms with Crippen molar-refractivity contribution in [3.63, 3.8) is 0 Å². The first-order valence-electron chi connectivity index (χ1n) is 6.11. The number of aliphatic imine (C=N–C) groups is 1. The first-order chi connectivity index (χ1) is 7.79. The molecule has 1 heterocycles. The van der Waals surface area contributed by atoms with Crippen molar-refractivity contribution in [2.24, 2.45) is 10.9 Å². The van der Waals surface area contributed by atoms with Crippen LogP contribution in [0.25, 0.3) is 0 Å². The SMILES string of the molecule is CN(C)C1=N[C@H]2[C@H](C[C@H](C(C)(C)O)C[C@@H]2O)S1. The molecule has 2 aliphatic rings. The number of thioether (sulfide) groups is 1. The molecule has 4 atom stereocenters. The number of fused-ring (bicyclic) bond motifs is 1. The van der Waals surface area contributed by atoms with Gasteiger partial charge in [0.2, 0.25) is 0 Å². The summed E-state index contributed by atoms with van der Waals surface area (Å²) in [5.41, 5.74) is -0.715. The lowest BCUT2D eigenvalue weighted by Gasteiger charge is -2.39. The highest BCUT2D eigenvalue weighted by molar-refractivity contribution is 8.14. The number of aliphatic hydroxyl groups excluding tert-OH is 1. The highest BCUT2D eigenvalue weighted by Gasteiger charge is 2.45. The van der Waals surface area contributed by atoms with Gasteiger partial charge in [-0.25, -0.2) is 0 Å². The van der Waals surface area contributed by atoms with Gasteiger partial charge in [-0.3, -0.25) is 4.99 Å². The minimum Gasteiger partial charge on any atom is -0.391 e. The van der Waals surface area contributed by atoms with Crippen LogP contribution in [0, 0.1) is 5.92 Å². The zero-order valence-corrected chi connectivity index (χ0v) is 11.7. The Morgan fingerprint density at radius 2 is 2.00 bits per heavy atom. The fraction of sp³-hybridized carbons (Fsp3) is 0.917. The summed E-state index contributed by atoms with van der Waals surface area (Å²) < 4.78 is 0. The van der Waals surface area contributed by atoms with E-state index >= 15 is 0 Å². The molecule has 5 heteroatoms. The number of amidine groups is 1. The molecular weight excluding hydrogens is 236 g/mol. The summed E-state index contributed by atoms with van der Waals surface area (Å²) in [5.74, 6) is 0.156. The number of rotatable bonds is 1. The second kappa shape index (κ2) is 4.44. The molecule has 1 aliphatic carbocycles. The average molecular weight is 258 g/mol. The highest BCUT2D eigenvalue weighted by atomic mass is 32.2. The summed E-state index contributed by atoms with van der Waals surface area (Å²) >= 11 is 1.73. The van der Waals surface area contributed by atoms with Gasteiger partial charge in [0.15, 0.2) is 5.17 Å². The quantitative estimate of drug-likeness (QED) is 0.734. The lowest BCUT2D eigenvalue weighted by molar-refractivity contribution is -0.0314. The molecule has 0 amide bonds. The smallest absolute Gasteiger partial charge is 0.159 e. The van der Waals surface area contributed by atoms with E-state index in [1.807, 2.05) is 32.8 Å². The normalized spacial score (nSPS) is 37.6. The monoisotopic (exact) mass is 258 g/mol. The van der Waals surface area contributed by atoms with Crippen molar-refractivity contribution in [1.29, 1.82) is 0 Å². The molecule has 17 heavy (non-hydrogen) atoms. The van der Waals surface area contributed by atoms with Gasteiger partial charge >= 0.3 is 0 Å². The molecule has 1 fully saturated rings.